The van der Waals surface area contributed by atoms with E-state index in [1.165, 1.54) is 12.4 Å². The van der Waals surface area contributed by atoms with Gasteiger partial charge in [0.2, 0.25) is 5.91 Å². The molecular formula is C22H21ClN6O2. The number of benzene rings is 2. The Hall–Kier alpha value is -3.49. The number of nitrogens with two attached hydrogens (primary N) is 2. The quantitative estimate of drug-likeness (QED) is 0.413. The highest BCUT2D eigenvalue weighted by Crippen LogP contribution is 2.28. The van der Waals surface area contributed by atoms with Crippen LogP contribution in [0.25, 0.3) is 17.0 Å². The van der Waals surface area contributed by atoms with Crippen molar-refractivity contribution in [3.63, 3.8) is 0 Å². The van der Waals surface area contributed by atoms with Crippen molar-refractivity contribution in [3.05, 3.63) is 65.0 Å². The zero-order chi connectivity index (χ0) is 22.0. The number of carbonyl (C=O) groups is 2. The number of hydrogen-bond acceptors (Lipinski definition) is 7. The minimum atomic E-state index is -0.646. The molecule has 0 saturated carbocycles. The summed E-state index contributed by atoms with van der Waals surface area (Å²) < 4.78 is 0. The van der Waals surface area contributed by atoms with E-state index in [0.29, 0.717) is 40.5 Å². The van der Waals surface area contributed by atoms with E-state index in [-0.39, 0.29) is 18.2 Å². The van der Waals surface area contributed by atoms with Crippen molar-refractivity contribution in [2.45, 2.75) is 6.04 Å². The smallest absolute Gasteiger partial charge is 0.234 e. The molecule has 1 amide bonds. The molecule has 1 aromatic heterocycles. The zero-order valence-corrected chi connectivity index (χ0v) is 17.3. The molecule has 4 rings (SSSR count). The van der Waals surface area contributed by atoms with Gasteiger partial charge in [0.25, 0.3) is 0 Å². The van der Waals surface area contributed by atoms with E-state index in [2.05, 4.69) is 15.3 Å². The normalized spacial score (nSPS) is 15.8. The molecule has 8 nitrogen and oxygen atoms in total. The van der Waals surface area contributed by atoms with Crippen LogP contribution in [0.2, 0.25) is 5.02 Å². The van der Waals surface area contributed by atoms with Crippen LogP contribution in [-0.4, -0.2) is 46.2 Å². The lowest BCUT2D eigenvalue weighted by atomic mass is 9.97. The number of ketones is 1. The van der Waals surface area contributed by atoms with Crippen LogP contribution in [0, 0.1) is 0 Å². The number of hydrogen-bond donors (Lipinski definition) is 3. The third-order valence-electron chi connectivity index (χ3n) is 5.17. The SMILES string of the molecule is Nc1cc(/C=C/C(=O)C(c2ccc3c(N)ncnc3c2)N2CCNC(=O)C2)ccc1Cl. The molecule has 2 heterocycles. The maximum atomic E-state index is 13.3. The molecule has 1 atom stereocenters. The summed E-state index contributed by atoms with van der Waals surface area (Å²) in [6, 6.07) is 9.95. The second-order valence-electron chi connectivity index (χ2n) is 7.28. The van der Waals surface area contributed by atoms with E-state index < -0.39 is 6.04 Å². The van der Waals surface area contributed by atoms with Crippen LogP contribution < -0.4 is 16.8 Å². The molecule has 1 aliphatic rings. The second-order valence-corrected chi connectivity index (χ2v) is 7.68. The highest BCUT2D eigenvalue weighted by molar-refractivity contribution is 6.33. The van der Waals surface area contributed by atoms with E-state index in [1.54, 1.807) is 30.3 Å². The molecule has 1 saturated heterocycles. The number of nitrogen functional groups attached to an aromatic ring is 2. The standard InChI is InChI=1S/C22H21ClN6O2/c23-16-5-1-13(9-17(16)24)2-6-19(30)21(29-8-7-26-20(31)11-29)14-3-4-15-18(10-14)27-12-28-22(15)25/h1-6,9-10,12,21H,7-8,11,24H2,(H,26,31)(H2,25,27,28)/b6-2+. The molecule has 0 radical (unpaired) electrons. The fraction of sp³-hybridized carbons (Fsp3) is 0.182. The van der Waals surface area contributed by atoms with Gasteiger partial charge in [-0.05, 0) is 41.5 Å². The molecule has 2 aromatic carbocycles. The Morgan fingerprint density at radius 1 is 1.19 bits per heavy atom. The molecular weight excluding hydrogens is 416 g/mol. The van der Waals surface area contributed by atoms with Crippen LogP contribution in [0.15, 0.2) is 48.8 Å². The minimum Gasteiger partial charge on any atom is -0.398 e. The van der Waals surface area contributed by atoms with Crippen molar-refractivity contribution < 1.29 is 9.59 Å². The van der Waals surface area contributed by atoms with Crippen molar-refractivity contribution in [3.8, 4) is 0 Å². The number of amides is 1. The number of piperazine rings is 1. The Kier molecular flexibility index (Phi) is 5.83. The Morgan fingerprint density at radius 3 is 2.81 bits per heavy atom. The van der Waals surface area contributed by atoms with Gasteiger partial charge in [-0.1, -0.05) is 29.8 Å². The van der Waals surface area contributed by atoms with Gasteiger partial charge in [0.1, 0.15) is 12.1 Å². The summed E-state index contributed by atoms with van der Waals surface area (Å²) in [5.41, 5.74) is 14.3. The molecule has 0 spiro atoms. The first-order chi connectivity index (χ1) is 14.9. The second kappa shape index (κ2) is 8.71. The monoisotopic (exact) mass is 436 g/mol. The third kappa shape index (κ3) is 4.50. The number of nitrogens with one attached hydrogen (secondary N) is 1. The molecule has 1 aliphatic heterocycles. The number of anilines is 2. The van der Waals surface area contributed by atoms with Gasteiger partial charge in [-0.25, -0.2) is 9.97 Å². The van der Waals surface area contributed by atoms with Crippen molar-refractivity contribution in [2.75, 3.05) is 31.1 Å². The van der Waals surface area contributed by atoms with Gasteiger partial charge < -0.3 is 16.8 Å². The van der Waals surface area contributed by atoms with Crippen LogP contribution >= 0.6 is 11.6 Å². The van der Waals surface area contributed by atoms with Gasteiger partial charge in [-0.3, -0.25) is 14.5 Å². The number of carbonyl (C=O) groups excluding carboxylic acids is 2. The van der Waals surface area contributed by atoms with E-state index in [9.17, 15) is 9.59 Å². The van der Waals surface area contributed by atoms with Gasteiger partial charge in [0.05, 0.1) is 28.8 Å². The van der Waals surface area contributed by atoms with Crippen LogP contribution in [-0.2, 0) is 9.59 Å². The number of rotatable bonds is 5. The van der Waals surface area contributed by atoms with Crippen LogP contribution in [0.1, 0.15) is 17.2 Å². The van der Waals surface area contributed by atoms with Crippen molar-refractivity contribution in [1.82, 2.24) is 20.2 Å². The van der Waals surface area contributed by atoms with E-state index in [0.717, 1.165) is 11.1 Å². The fourth-order valence-corrected chi connectivity index (χ4v) is 3.75. The average Bonchev–Trinajstić information content (AvgIpc) is 2.75. The summed E-state index contributed by atoms with van der Waals surface area (Å²) in [7, 11) is 0. The van der Waals surface area contributed by atoms with Crippen LogP contribution in [0.5, 0.6) is 0 Å². The predicted octanol–water partition coefficient (Wildman–Crippen LogP) is 2.20. The zero-order valence-electron chi connectivity index (χ0n) is 16.6. The van der Waals surface area contributed by atoms with Crippen molar-refractivity contribution in [1.29, 1.82) is 0 Å². The molecule has 1 fully saturated rings. The highest BCUT2D eigenvalue weighted by Gasteiger charge is 2.30. The Morgan fingerprint density at radius 2 is 2.03 bits per heavy atom. The lowest BCUT2D eigenvalue weighted by molar-refractivity contribution is -0.127. The average molecular weight is 437 g/mol. The lowest BCUT2D eigenvalue weighted by Crippen LogP contribution is -2.50. The van der Waals surface area contributed by atoms with Crippen molar-refractivity contribution in [2.24, 2.45) is 0 Å². The van der Waals surface area contributed by atoms with Gasteiger partial charge in [0.15, 0.2) is 5.78 Å². The summed E-state index contributed by atoms with van der Waals surface area (Å²) in [5, 5.41) is 3.96. The summed E-state index contributed by atoms with van der Waals surface area (Å²) in [5.74, 6) is 0.0902. The van der Waals surface area contributed by atoms with Crippen LogP contribution in [0.4, 0.5) is 11.5 Å². The first-order valence-electron chi connectivity index (χ1n) is 9.70. The highest BCUT2D eigenvalue weighted by atomic mass is 35.5. The Labute approximate surface area is 183 Å². The molecule has 0 aliphatic carbocycles. The molecule has 31 heavy (non-hydrogen) atoms. The lowest BCUT2D eigenvalue weighted by Gasteiger charge is -2.33. The van der Waals surface area contributed by atoms with E-state index in [4.69, 9.17) is 23.1 Å². The molecule has 158 valence electrons. The Bertz CT molecular complexity index is 1200. The van der Waals surface area contributed by atoms with E-state index >= 15 is 0 Å². The summed E-state index contributed by atoms with van der Waals surface area (Å²) in [6.07, 6.45) is 4.57. The maximum Gasteiger partial charge on any atom is 0.234 e. The minimum absolute atomic E-state index is 0.120. The molecule has 9 heteroatoms. The van der Waals surface area contributed by atoms with Gasteiger partial charge >= 0.3 is 0 Å². The number of nitrogens with zero attached hydrogens (tertiary/aromatic N) is 3. The molecule has 3 aromatic rings. The van der Waals surface area contributed by atoms with E-state index in [1.807, 2.05) is 17.0 Å². The summed E-state index contributed by atoms with van der Waals surface area (Å²) >= 11 is 5.97. The topological polar surface area (TPSA) is 127 Å². The predicted molar refractivity (Wildman–Crippen MR) is 121 cm³/mol. The molecule has 5 N–H and O–H groups in total. The number of halogens is 1. The van der Waals surface area contributed by atoms with Crippen LogP contribution in [0.3, 0.4) is 0 Å². The van der Waals surface area contributed by atoms with Gasteiger partial charge in [-0.2, -0.15) is 0 Å². The maximum absolute atomic E-state index is 13.3. The third-order valence-corrected chi connectivity index (χ3v) is 5.51. The first kappa shape index (κ1) is 20.8. The summed E-state index contributed by atoms with van der Waals surface area (Å²) in [4.78, 5) is 35.4. The molecule has 1 unspecified atom stereocenters. The largest absolute Gasteiger partial charge is 0.398 e. The summed E-state index contributed by atoms with van der Waals surface area (Å²) in [6.45, 7) is 1.15. The Balaban J connectivity index is 1.70. The van der Waals surface area contributed by atoms with Gasteiger partial charge in [-0.15, -0.1) is 0 Å². The number of aromatic nitrogens is 2. The number of fused-ring (bicyclic) bond motifs is 1. The van der Waals surface area contributed by atoms with Gasteiger partial charge in [0, 0.05) is 18.5 Å². The molecule has 0 bridgehead atoms. The van der Waals surface area contributed by atoms with Crippen molar-refractivity contribution >= 4 is 51.8 Å². The first-order valence-corrected chi connectivity index (χ1v) is 10.1. The fourth-order valence-electron chi connectivity index (χ4n) is 3.63.